The van der Waals surface area contributed by atoms with Gasteiger partial charge in [-0.2, -0.15) is 0 Å². The van der Waals surface area contributed by atoms with Crippen LogP contribution in [0.2, 0.25) is 0 Å². The SMILES string of the molecule is CC(C(F)F)n1nnc2c1CNCC2. The third-order valence-corrected chi connectivity index (χ3v) is 2.45. The van der Waals surface area contributed by atoms with Crippen molar-refractivity contribution in [3.8, 4) is 0 Å². The number of aromatic nitrogens is 3. The van der Waals surface area contributed by atoms with E-state index in [9.17, 15) is 8.78 Å². The van der Waals surface area contributed by atoms with E-state index in [-0.39, 0.29) is 0 Å². The fourth-order valence-corrected chi connectivity index (χ4v) is 1.57. The minimum absolute atomic E-state index is 0.583. The summed E-state index contributed by atoms with van der Waals surface area (Å²) in [5.74, 6) is 0. The Balaban J connectivity index is 2.30. The minimum Gasteiger partial charge on any atom is -0.311 e. The van der Waals surface area contributed by atoms with Gasteiger partial charge in [-0.15, -0.1) is 5.10 Å². The van der Waals surface area contributed by atoms with Crippen molar-refractivity contribution >= 4 is 0 Å². The molecule has 0 amide bonds. The maximum absolute atomic E-state index is 12.5. The quantitative estimate of drug-likeness (QED) is 0.769. The Kier molecular flexibility index (Phi) is 2.45. The summed E-state index contributed by atoms with van der Waals surface area (Å²) in [6, 6.07) is -0.897. The summed E-state index contributed by atoms with van der Waals surface area (Å²) in [6.45, 7) is 2.88. The van der Waals surface area contributed by atoms with Gasteiger partial charge in [-0.05, 0) is 6.92 Å². The highest BCUT2D eigenvalue weighted by Gasteiger charge is 2.24. The zero-order valence-electron chi connectivity index (χ0n) is 7.87. The lowest BCUT2D eigenvalue weighted by atomic mass is 10.2. The van der Waals surface area contributed by atoms with Gasteiger partial charge in [-0.25, -0.2) is 13.5 Å². The number of fused-ring (bicyclic) bond motifs is 1. The fourth-order valence-electron chi connectivity index (χ4n) is 1.57. The van der Waals surface area contributed by atoms with Crippen LogP contribution in [0.15, 0.2) is 0 Å². The van der Waals surface area contributed by atoms with Crippen molar-refractivity contribution < 1.29 is 8.78 Å². The average molecular weight is 202 g/mol. The van der Waals surface area contributed by atoms with E-state index in [1.54, 1.807) is 0 Å². The van der Waals surface area contributed by atoms with Crippen molar-refractivity contribution in [3.05, 3.63) is 11.4 Å². The lowest BCUT2D eigenvalue weighted by Gasteiger charge is -2.17. The zero-order valence-corrected chi connectivity index (χ0v) is 7.87. The Morgan fingerprint density at radius 1 is 1.50 bits per heavy atom. The molecule has 4 nitrogen and oxygen atoms in total. The Morgan fingerprint density at radius 2 is 2.29 bits per heavy atom. The van der Waals surface area contributed by atoms with Gasteiger partial charge in [-0.3, -0.25) is 0 Å². The molecule has 6 heteroatoms. The van der Waals surface area contributed by atoms with Crippen LogP contribution in [-0.2, 0) is 13.0 Å². The molecule has 0 aromatic carbocycles. The van der Waals surface area contributed by atoms with Crippen LogP contribution in [0.3, 0.4) is 0 Å². The largest absolute Gasteiger partial charge is 0.311 e. The number of alkyl halides is 2. The van der Waals surface area contributed by atoms with E-state index in [4.69, 9.17) is 0 Å². The predicted molar refractivity (Wildman–Crippen MR) is 46.1 cm³/mol. The van der Waals surface area contributed by atoms with Gasteiger partial charge in [0.25, 0.3) is 6.43 Å². The second-order valence-electron chi connectivity index (χ2n) is 3.43. The molecule has 1 unspecified atom stereocenters. The molecule has 2 heterocycles. The fraction of sp³-hybridized carbons (Fsp3) is 0.750. The van der Waals surface area contributed by atoms with Crippen molar-refractivity contribution in [2.24, 2.45) is 0 Å². The molecule has 0 aliphatic carbocycles. The van der Waals surface area contributed by atoms with Crippen molar-refractivity contribution in [1.82, 2.24) is 20.3 Å². The monoisotopic (exact) mass is 202 g/mol. The van der Waals surface area contributed by atoms with Gasteiger partial charge in [0.05, 0.1) is 11.4 Å². The molecular weight excluding hydrogens is 190 g/mol. The van der Waals surface area contributed by atoms with Crippen LogP contribution < -0.4 is 5.32 Å². The van der Waals surface area contributed by atoms with Gasteiger partial charge in [0.1, 0.15) is 6.04 Å². The van der Waals surface area contributed by atoms with E-state index in [0.29, 0.717) is 6.54 Å². The number of nitrogens with zero attached hydrogens (tertiary/aromatic N) is 3. The number of nitrogens with one attached hydrogen (secondary N) is 1. The third-order valence-electron chi connectivity index (χ3n) is 2.45. The molecule has 0 spiro atoms. The van der Waals surface area contributed by atoms with Crippen LogP contribution >= 0.6 is 0 Å². The van der Waals surface area contributed by atoms with Crippen LogP contribution in [0.25, 0.3) is 0 Å². The van der Waals surface area contributed by atoms with E-state index in [1.807, 2.05) is 0 Å². The van der Waals surface area contributed by atoms with Crippen LogP contribution in [0.5, 0.6) is 0 Å². The average Bonchev–Trinajstić information content (AvgIpc) is 2.60. The summed E-state index contributed by atoms with van der Waals surface area (Å²) in [7, 11) is 0. The Morgan fingerprint density at radius 3 is 3.00 bits per heavy atom. The second-order valence-corrected chi connectivity index (χ2v) is 3.43. The van der Waals surface area contributed by atoms with Crippen molar-refractivity contribution in [2.75, 3.05) is 6.54 Å². The van der Waals surface area contributed by atoms with E-state index >= 15 is 0 Å². The highest BCUT2D eigenvalue weighted by atomic mass is 19.3. The number of hydrogen-bond donors (Lipinski definition) is 1. The maximum atomic E-state index is 12.5. The summed E-state index contributed by atoms with van der Waals surface area (Å²) in [5.41, 5.74) is 1.64. The summed E-state index contributed by atoms with van der Waals surface area (Å²) in [6.07, 6.45) is -1.63. The Bertz CT molecular complexity index is 323. The minimum atomic E-state index is -2.40. The number of rotatable bonds is 2. The summed E-state index contributed by atoms with van der Waals surface area (Å²) < 4.78 is 26.2. The van der Waals surface area contributed by atoms with Gasteiger partial charge < -0.3 is 5.32 Å². The third kappa shape index (κ3) is 1.50. The zero-order chi connectivity index (χ0) is 10.1. The van der Waals surface area contributed by atoms with Crippen molar-refractivity contribution in [2.45, 2.75) is 32.4 Å². The molecule has 14 heavy (non-hydrogen) atoms. The van der Waals surface area contributed by atoms with Gasteiger partial charge in [-0.1, -0.05) is 5.21 Å². The predicted octanol–water partition coefficient (Wildman–Crippen LogP) is 0.750. The standard InChI is InChI=1S/C8H12F2N4/c1-5(8(9)10)14-7-4-11-3-2-6(7)12-13-14/h5,8,11H,2-4H2,1H3. The topological polar surface area (TPSA) is 42.7 Å². The van der Waals surface area contributed by atoms with Gasteiger partial charge in [0.15, 0.2) is 0 Å². The number of hydrogen-bond acceptors (Lipinski definition) is 3. The number of halogens is 2. The molecule has 0 bridgehead atoms. The van der Waals surface area contributed by atoms with E-state index in [2.05, 4.69) is 15.6 Å². The van der Waals surface area contributed by atoms with Gasteiger partial charge in [0, 0.05) is 19.5 Å². The van der Waals surface area contributed by atoms with Crippen LogP contribution in [0.4, 0.5) is 8.78 Å². The molecule has 0 saturated carbocycles. The van der Waals surface area contributed by atoms with E-state index in [0.717, 1.165) is 24.4 Å². The molecule has 0 saturated heterocycles. The molecule has 1 aliphatic rings. The summed E-state index contributed by atoms with van der Waals surface area (Å²) in [4.78, 5) is 0. The normalized spacial score (nSPS) is 18.3. The molecule has 1 aliphatic heterocycles. The molecule has 1 aromatic rings. The molecule has 1 N–H and O–H groups in total. The first kappa shape index (κ1) is 9.51. The van der Waals surface area contributed by atoms with Crippen LogP contribution in [0, 0.1) is 0 Å². The molecule has 0 fully saturated rings. The first-order chi connectivity index (χ1) is 6.70. The van der Waals surface area contributed by atoms with Gasteiger partial charge >= 0.3 is 0 Å². The molecule has 1 atom stereocenters. The van der Waals surface area contributed by atoms with Gasteiger partial charge in [0.2, 0.25) is 0 Å². The van der Waals surface area contributed by atoms with Crippen molar-refractivity contribution in [1.29, 1.82) is 0 Å². The maximum Gasteiger partial charge on any atom is 0.260 e. The first-order valence-corrected chi connectivity index (χ1v) is 4.62. The highest BCUT2D eigenvalue weighted by molar-refractivity contribution is 5.14. The first-order valence-electron chi connectivity index (χ1n) is 4.62. The lowest BCUT2D eigenvalue weighted by Crippen LogP contribution is -2.27. The lowest BCUT2D eigenvalue weighted by molar-refractivity contribution is 0.0827. The molecule has 78 valence electrons. The van der Waals surface area contributed by atoms with Crippen LogP contribution in [-0.4, -0.2) is 28.0 Å². The molecule has 2 rings (SSSR count). The highest BCUT2D eigenvalue weighted by Crippen LogP contribution is 2.19. The second kappa shape index (κ2) is 3.61. The van der Waals surface area contributed by atoms with E-state index in [1.165, 1.54) is 11.6 Å². The van der Waals surface area contributed by atoms with Crippen molar-refractivity contribution in [3.63, 3.8) is 0 Å². The Labute approximate surface area is 80.3 Å². The van der Waals surface area contributed by atoms with Crippen LogP contribution in [0.1, 0.15) is 24.4 Å². The summed E-state index contributed by atoms with van der Waals surface area (Å²) >= 11 is 0. The molecule has 1 aromatic heterocycles. The molecular formula is C8H12F2N4. The molecule has 0 radical (unpaired) electrons. The van der Waals surface area contributed by atoms with E-state index < -0.39 is 12.5 Å². The summed E-state index contributed by atoms with van der Waals surface area (Å²) in [5, 5.41) is 10.8. The Hall–Kier alpha value is -1.04. The smallest absolute Gasteiger partial charge is 0.260 e.